The molecule has 0 saturated carbocycles. The third kappa shape index (κ3) is 3.20. The van der Waals surface area contributed by atoms with Gasteiger partial charge in [-0.1, -0.05) is 41.4 Å². The van der Waals surface area contributed by atoms with E-state index in [1.165, 1.54) is 6.39 Å². The second kappa shape index (κ2) is 6.20. The fraction of sp³-hybridized carbons (Fsp3) is 0.0625. The SMILES string of the molecule is Clc1cccc(Cl)c1CNc1cccc(-c2cnco2)c1. The first-order valence-electron chi connectivity index (χ1n) is 6.40. The molecule has 0 bridgehead atoms. The van der Waals surface area contributed by atoms with Gasteiger partial charge in [-0.2, -0.15) is 0 Å². The Kier molecular flexibility index (Phi) is 4.13. The Labute approximate surface area is 132 Å². The molecular formula is C16H12Cl2N2O. The van der Waals surface area contributed by atoms with Gasteiger partial charge in [-0.25, -0.2) is 4.98 Å². The average molecular weight is 319 g/mol. The summed E-state index contributed by atoms with van der Waals surface area (Å²) in [7, 11) is 0. The maximum Gasteiger partial charge on any atom is 0.181 e. The summed E-state index contributed by atoms with van der Waals surface area (Å²) in [6.07, 6.45) is 3.10. The van der Waals surface area contributed by atoms with E-state index in [1.54, 1.807) is 6.20 Å². The third-order valence-corrected chi connectivity index (χ3v) is 3.82. The molecule has 1 aromatic heterocycles. The summed E-state index contributed by atoms with van der Waals surface area (Å²) in [5.74, 6) is 0.731. The molecule has 0 unspecified atom stereocenters. The van der Waals surface area contributed by atoms with E-state index < -0.39 is 0 Å². The smallest absolute Gasteiger partial charge is 0.181 e. The third-order valence-electron chi connectivity index (χ3n) is 3.11. The van der Waals surface area contributed by atoms with Gasteiger partial charge in [0.25, 0.3) is 0 Å². The summed E-state index contributed by atoms with van der Waals surface area (Å²) >= 11 is 12.3. The highest BCUT2D eigenvalue weighted by atomic mass is 35.5. The molecule has 3 aromatic rings. The highest BCUT2D eigenvalue weighted by molar-refractivity contribution is 6.36. The van der Waals surface area contributed by atoms with Crippen molar-refractivity contribution in [3.05, 3.63) is 70.7 Å². The Bertz CT molecular complexity index is 722. The summed E-state index contributed by atoms with van der Waals surface area (Å²) in [4.78, 5) is 3.92. The largest absolute Gasteiger partial charge is 0.444 e. The van der Waals surface area contributed by atoms with Gasteiger partial charge in [0.05, 0.1) is 6.20 Å². The number of anilines is 1. The Morgan fingerprint density at radius 2 is 1.81 bits per heavy atom. The van der Waals surface area contributed by atoms with E-state index in [9.17, 15) is 0 Å². The van der Waals surface area contributed by atoms with Crippen molar-refractivity contribution in [2.24, 2.45) is 0 Å². The zero-order valence-corrected chi connectivity index (χ0v) is 12.5. The lowest BCUT2D eigenvalue weighted by atomic mass is 10.1. The Morgan fingerprint density at radius 3 is 2.52 bits per heavy atom. The molecule has 0 saturated heterocycles. The molecule has 1 N–H and O–H groups in total. The van der Waals surface area contributed by atoms with E-state index in [0.29, 0.717) is 16.6 Å². The zero-order valence-electron chi connectivity index (χ0n) is 11.0. The van der Waals surface area contributed by atoms with Crippen LogP contribution < -0.4 is 5.32 Å². The van der Waals surface area contributed by atoms with Gasteiger partial charge >= 0.3 is 0 Å². The van der Waals surface area contributed by atoms with Crippen LogP contribution in [-0.2, 0) is 6.54 Å². The van der Waals surface area contributed by atoms with Crippen LogP contribution in [0.1, 0.15) is 5.56 Å². The van der Waals surface area contributed by atoms with E-state index in [1.807, 2.05) is 42.5 Å². The molecule has 0 radical (unpaired) electrons. The van der Waals surface area contributed by atoms with Crippen LogP contribution in [0.3, 0.4) is 0 Å². The number of benzene rings is 2. The van der Waals surface area contributed by atoms with Crippen LogP contribution in [0.15, 0.2) is 59.5 Å². The normalized spacial score (nSPS) is 10.6. The van der Waals surface area contributed by atoms with E-state index >= 15 is 0 Å². The van der Waals surface area contributed by atoms with Crippen molar-refractivity contribution >= 4 is 28.9 Å². The molecule has 2 aromatic carbocycles. The number of rotatable bonds is 4. The molecule has 0 aliphatic carbocycles. The fourth-order valence-electron chi connectivity index (χ4n) is 2.03. The first-order valence-corrected chi connectivity index (χ1v) is 7.15. The monoisotopic (exact) mass is 318 g/mol. The van der Waals surface area contributed by atoms with Crippen molar-refractivity contribution in [3.8, 4) is 11.3 Å². The number of oxazole rings is 1. The van der Waals surface area contributed by atoms with E-state index in [0.717, 1.165) is 22.6 Å². The van der Waals surface area contributed by atoms with Gasteiger partial charge in [0.2, 0.25) is 0 Å². The van der Waals surface area contributed by atoms with Gasteiger partial charge in [-0.05, 0) is 24.3 Å². The van der Waals surface area contributed by atoms with Crippen LogP contribution in [0.4, 0.5) is 5.69 Å². The number of nitrogens with zero attached hydrogens (tertiary/aromatic N) is 1. The predicted molar refractivity (Wildman–Crippen MR) is 85.7 cm³/mol. The molecule has 0 amide bonds. The highest BCUT2D eigenvalue weighted by Crippen LogP contribution is 2.26. The Balaban J connectivity index is 1.78. The van der Waals surface area contributed by atoms with Gasteiger partial charge in [0.1, 0.15) is 0 Å². The van der Waals surface area contributed by atoms with Crippen LogP contribution >= 0.6 is 23.2 Å². The maximum atomic E-state index is 6.16. The Hall–Kier alpha value is -1.97. The molecule has 0 atom stereocenters. The van der Waals surface area contributed by atoms with Crippen molar-refractivity contribution < 1.29 is 4.42 Å². The number of hydrogen-bond donors (Lipinski definition) is 1. The van der Waals surface area contributed by atoms with E-state index in [4.69, 9.17) is 27.6 Å². The van der Waals surface area contributed by atoms with Gasteiger partial charge in [-0.15, -0.1) is 0 Å². The lowest BCUT2D eigenvalue weighted by molar-refractivity contribution is 0.572. The van der Waals surface area contributed by atoms with Crippen LogP contribution in [0.25, 0.3) is 11.3 Å². The molecule has 5 heteroatoms. The number of aromatic nitrogens is 1. The highest BCUT2D eigenvalue weighted by Gasteiger charge is 2.06. The van der Waals surface area contributed by atoms with Crippen molar-refractivity contribution in [2.45, 2.75) is 6.54 Å². The first-order chi connectivity index (χ1) is 10.2. The van der Waals surface area contributed by atoms with Crippen molar-refractivity contribution in [2.75, 3.05) is 5.32 Å². The standard InChI is InChI=1S/C16H12Cl2N2O/c17-14-5-2-6-15(18)13(14)8-20-12-4-1-3-11(7-12)16-9-19-10-21-16/h1-7,9-10,20H,8H2. The number of hydrogen-bond acceptors (Lipinski definition) is 3. The van der Waals surface area contributed by atoms with Gasteiger partial charge in [0.15, 0.2) is 12.2 Å². The summed E-state index contributed by atoms with van der Waals surface area (Å²) < 4.78 is 5.29. The zero-order chi connectivity index (χ0) is 14.7. The lowest BCUT2D eigenvalue weighted by Gasteiger charge is -2.10. The Morgan fingerprint density at radius 1 is 1.05 bits per heavy atom. The first kappa shape index (κ1) is 14.0. The second-order valence-corrected chi connectivity index (χ2v) is 5.31. The molecule has 0 spiro atoms. The fourth-order valence-corrected chi connectivity index (χ4v) is 2.56. The number of halogens is 2. The van der Waals surface area contributed by atoms with Crippen LogP contribution in [-0.4, -0.2) is 4.98 Å². The lowest BCUT2D eigenvalue weighted by Crippen LogP contribution is -2.00. The van der Waals surface area contributed by atoms with E-state index in [2.05, 4.69) is 10.3 Å². The summed E-state index contributed by atoms with van der Waals surface area (Å²) in [5.41, 5.74) is 2.80. The quantitative estimate of drug-likeness (QED) is 0.713. The summed E-state index contributed by atoms with van der Waals surface area (Å²) in [5, 5.41) is 4.62. The second-order valence-electron chi connectivity index (χ2n) is 4.50. The molecule has 106 valence electrons. The topological polar surface area (TPSA) is 38.1 Å². The van der Waals surface area contributed by atoms with Crippen molar-refractivity contribution in [1.29, 1.82) is 0 Å². The minimum absolute atomic E-state index is 0.554. The van der Waals surface area contributed by atoms with Crippen LogP contribution in [0.5, 0.6) is 0 Å². The van der Waals surface area contributed by atoms with Gasteiger partial charge in [0, 0.05) is 33.4 Å². The molecule has 21 heavy (non-hydrogen) atoms. The molecular weight excluding hydrogens is 307 g/mol. The average Bonchev–Trinajstić information content (AvgIpc) is 3.01. The summed E-state index contributed by atoms with van der Waals surface area (Å²) in [6.45, 7) is 0.554. The van der Waals surface area contributed by atoms with Gasteiger partial charge in [-0.3, -0.25) is 0 Å². The van der Waals surface area contributed by atoms with Gasteiger partial charge < -0.3 is 9.73 Å². The molecule has 0 aliphatic rings. The summed E-state index contributed by atoms with van der Waals surface area (Å²) in [6, 6.07) is 13.4. The van der Waals surface area contributed by atoms with E-state index in [-0.39, 0.29) is 0 Å². The maximum absolute atomic E-state index is 6.16. The predicted octanol–water partition coefficient (Wildman–Crippen LogP) is 5.26. The number of nitrogens with one attached hydrogen (secondary N) is 1. The van der Waals surface area contributed by atoms with Crippen LogP contribution in [0.2, 0.25) is 10.0 Å². The van der Waals surface area contributed by atoms with Crippen molar-refractivity contribution in [3.63, 3.8) is 0 Å². The molecule has 1 heterocycles. The molecule has 0 aliphatic heterocycles. The molecule has 0 fully saturated rings. The van der Waals surface area contributed by atoms with Crippen LogP contribution in [0, 0.1) is 0 Å². The molecule has 3 rings (SSSR count). The van der Waals surface area contributed by atoms with Crippen molar-refractivity contribution in [1.82, 2.24) is 4.98 Å². The molecule has 3 nitrogen and oxygen atoms in total. The minimum atomic E-state index is 0.554. The minimum Gasteiger partial charge on any atom is -0.444 e.